The molecule has 2 saturated heterocycles. The summed E-state index contributed by atoms with van der Waals surface area (Å²) in [6, 6.07) is 4.11. The third-order valence-corrected chi connectivity index (χ3v) is 8.02. The van der Waals surface area contributed by atoms with E-state index in [1.54, 1.807) is 11.1 Å². The Morgan fingerprint density at radius 2 is 1.97 bits per heavy atom. The first-order chi connectivity index (χ1) is 16.5. The van der Waals surface area contributed by atoms with Crippen LogP contribution in [-0.2, 0) is 21.4 Å². The van der Waals surface area contributed by atoms with E-state index in [-0.39, 0.29) is 48.6 Å². The third-order valence-electron chi connectivity index (χ3n) is 8.02. The van der Waals surface area contributed by atoms with Crippen molar-refractivity contribution >= 4 is 36.8 Å². The number of carbonyl (C=O) groups excluding carboxylic acids is 2. The number of likely N-dealkylation sites (tertiary alicyclic amines) is 1. The van der Waals surface area contributed by atoms with Crippen LogP contribution in [0.15, 0.2) is 24.3 Å². The van der Waals surface area contributed by atoms with Crippen molar-refractivity contribution in [1.29, 1.82) is 0 Å². The van der Waals surface area contributed by atoms with E-state index in [1.165, 1.54) is 5.56 Å². The standard InChI is InChI=1S/C24H30N4O6.2ClH/c1-27-7-6-24-15-3-4-17(29)22(24)34-21-18(5-2-14(20(21)24)12-16(15)27)33-23(31)25-13-19(30)26-28-8-10-32-11-9-28;;/h2-5,15-17,22,29H,6-13H2,1H3,(H,25,31)(H,26,30);2*1H/t15?,16?,17-,22-,24-;;/m0../s1. The number of likely N-dealkylation sites (N-methyl/N-ethyl adjacent to an activating group) is 1. The average Bonchev–Trinajstić information content (AvgIpc) is 3.19. The highest BCUT2D eigenvalue weighted by molar-refractivity contribution is 5.85. The second-order valence-electron chi connectivity index (χ2n) is 9.79. The number of aliphatic hydroxyl groups is 1. The van der Waals surface area contributed by atoms with E-state index in [9.17, 15) is 14.7 Å². The number of nitrogens with zero attached hydrogens (tertiary/aromatic N) is 2. The smallest absolute Gasteiger partial charge is 0.413 e. The third kappa shape index (κ3) is 4.23. The zero-order chi connectivity index (χ0) is 23.4. The van der Waals surface area contributed by atoms with Crippen LogP contribution in [0.2, 0.25) is 0 Å². The van der Waals surface area contributed by atoms with Crippen LogP contribution in [-0.4, -0.2) is 91.7 Å². The van der Waals surface area contributed by atoms with Crippen LogP contribution in [0, 0.1) is 5.92 Å². The van der Waals surface area contributed by atoms with Crippen LogP contribution in [0.3, 0.4) is 0 Å². The minimum Gasteiger partial charge on any atom is -0.482 e. The lowest BCUT2D eigenvalue weighted by molar-refractivity contribution is -0.126. The molecule has 6 rings (SSSR count). The number of halogens is 2. The number of hydrogen-bond donors (Lipinski definition) is 3. The van der Waals surface area contributed by atoms with Crippen LogP contribution in [0.5, 0.6) is 11.5 Å². The van der Waals surface area contributed by atoms with E-state index in [1.807, 2.05) is 12.1 Å². The highest BCUT2D eigenvalue weighted by Gasteiger charge is 2.64. The molecule has 10 nitrogen and oxygen atoms in total. The number of rotatable bonds is 4. The largest absolute Gasteiger partial charge is 0.482 e. The first-order valence-corrected chi connectivity index (χ1v) is 11.9. The number of hydrogen-bond acceptors (Lipinski definition) is 8. The zero-order valence-corrected chi connectivity index (χ0v) is 21.6. The summed E-state index contributed by atoms with van der Waals surface area (Å²) in [7, 11) is 2.16. The monoisotopic (exact) mass is 542 g/mol. The van der Waals surface area contributed by atoms with Gasteiger partial charge in [0.15, 0.2) is 11.5 Å². The summed E-state index contributed by atoms with van der Waals surface area (Å²) in [6.45, 7) is 3.04. The maximum atomic E-state index is 12.5. The molecule has 0 aromatic heterocycles. The number of morpholine rings is 1. The lowest BCUT2D eigenvalue weighted by atomic mass is 9.53. The number of aliphatic hydroxyl groups excluding tert-OH is 1. The lowest BCUT2D eigenvalue weighted by Crippen LogP contribution is -2.64. The zero-order valence-electron chi connectivity index (χ0n) is 20.0. The molecule has 2 aliphatic carbocycles. The number of hydrazine groups is 1. The SMILES string of the molecule is CN1CC[C@]23c4c5ccc(OC(=O)NCC(=O)NN6CCOCC6)c4O[C@H]2[C@@H](O)C=CC3C1C5.Cl.Cl. The predicted octanol–water partition coefficient (Wildman–Crippen LogP) is 0.788. The van der Waals surface area contributed by atoms with Crippen molar-refractivity contribution in [2.75, 3.05) is 46.4 Å². The van der Waals surface area contributed by atoms with Gasteiger partial charge in [0.1, 0.15) is 18.8 Å². The Morgan fingerprint density at radius 3 is 2.75 bits per heavy atom. The van der Waals surface area contributed by atoms with Gasteiger partial charge in [0, 0.05) is 36.0 Å². The van der Waals surface area contributed by atoms with E-state index in [0.717, 1.165) is 24.9 Å². The number of amides is 2. The Hall–Kier alpha value is -2.08. The molecule has 36 heavy (non-hydrogen) atoms. The van der Waals surface area contributed by atoms with Gasteiger partial charge >= 0.3 is 6.09 Å². The van der Waals surface area contributed by atoms with Crippen molar-refractivity contribution < 1.29 is 28.9 Å². The second-order valence-corrected chi connectivity index (χ2v) is 9.79. The maximum absolute atomic E-state index is 12.5. The number of piperidine rings is 1. The van der Waals surface area contributed by atoms with E-state index >= 15 is 0 Å². The van der Waals surface area contributed by atoms with E-state index in [2.05, 4.69) is 28.8 Å². The molecule has 12 heteroatoms. The first-order valence-electron chi connectivity index (χ1n) is 11.9. The molecule has 2 fully saturated rings. The summed E-state index contributed by atoms with van der Waals surface area (Å²) in [6.07, 6.45) is 3.90. The van der Waals surface area contributed by atoms with Gasteiger partial charge < -0.3 is 29.5 Å². The number of carbonyl (C=O) groups is 2. The van der Waals surface area contributed by atoms with Crippen LogP contribution >= 0.6 is 24.8 Å². The predicted molar refractivity (Wildman–Crippen MR) is 135 cm³/mol. The van der Waals surface area contributed by atoms with Crippen LogP contribution < -0.4 is 20.2 Å². The fourth-order valence-corrected chi connectivity index (χ4v) is 6.49. The molecule has 5 atom stereocenters. The van der Waals surface area contributed by atoms with Gasteiger partial charge in [0.05, 0.1) is 13.2 Å². The summed E-state index contributed by atoms with van der Waals surface area (Å²) in [5.74, 6) is 0.772. The topological polar surface area (TPSA) is 113 Å². The molecule has 3 aliphatic heterocycles. The molecule has 0 saturated carbocycles. The molecule has 2 amide bonds. The van der Waals surface area contributed by atoms with Gasteiger partial charge in [-0.3, -0.25) is 10.2 Å². The Morgan fingerprint density at radius 1 is 1.19 bits per heavy atom. The fourth-order valence-electron chi connectivity index (χ4n) is 6.49. The summed E-state index contributed by atoms with van der Waals surface area (Å²) in [4.78, 5) is 27.1. The Kier molecular flexibility index (Phi) is 7.76. The molecule has 1 aromatic carbocycles. The molecule has 1 aromatic rings. The van der Waals surface area contributed by atoms with E-state index < -0.39 is 18.3 Å². The molecular weight excluding hydrogens is 511 g/mol. The molecule has 198 valence electrons. The number of ether oxygens (including phenoxy) is 3. The molecule has 3 heterocycles. The number of benzene rings is 1. The van der Waals surface area contributed by atoms with Gasteiger partial charge in [-0.1, -0.05) is 18.2 Å². The van der Waals surface area contributed by atoms with Crippen molar-refractivity contribution in [3.05, 3.63) is 35.4 Å². The highest BCUT2D eigenvalue weighted by atomic mass is 35.5. The lowest BCUT2D eigenvalue weighted by Gasteiger charge is -2.56. The quantitative estimate of drug-likeness (QED) is 0.478. The maximum Gasteiger partial charge on any atom is 0.413 e. The molecule has 3 N–H and O–H groups in total. The first kappa shape index (κ1) is 27.0. The Bertz CT molecular complexity index is 1050. The summed E-state index contributed by atoms with van der Waals surface area (Å²) >= 11 is 0. The van der Waals surface area contributed by atoms with Gasteiger partial charge in [-0.2, -0.15) is 0 Å². The molecule has 2 unspecified atom stereocenters. The molecule has 0 radical (unpaired) electrons. The second kappa shape index (κ2) is 10.4. The van der Waals surface area contributed by atoms with Gasteiger partial charge in [0.25, 0.3) is 5.91 Å². The molecular formula is C24H32Cl2N4O6. The van der Waals surface area contributed by atoms with Crippen molar-refractivity contribution in [3.63, 3.8) is 0 Å². The minimum absolute atomic E-state index is 0. The number of nitrogens with one attached hydrogen (secondary N) is 2. The van der Waals surface area contributed by atoms with Crippen LogP contribution in [0.4, 0.5) is 4.79 Å². The fraction of sp³-hybridized carbons (Fsp3) is 0.583. The van der Waals surface area contributed by atoms with Crippen LogP contribution in [0.25, 0.3) is 0 Å². The van der Waals surface area contributed by atoms with Gasteiger partial charge in [-0.05, 0) is 38.1 Å². The minimum atomic E-state index is -0.725. The van der Waals surface area contributed by atoms with Gasteiger partial charge in [-0.15, -0.1) is 24.8 Å². The van der Waals surface area contributed by atoms with Crippen molar-refractivity contribution in [2.45, 2.75) is 36.5 Å². The molecule has 5 aliphatic rings. The van der Waals surface area contributed by atoms with Crippen molar-refractivity contribution in [1.82, 2.24) is 20.7 Å². The van der Waals surface area contributed by atoms with E-state index in [4.69, 9.17) is 14.2 Å². The molecule has 1 spiro atoms. The Balaban J connectivity index is 0.00000152. The van der Waals surface area contributed by atoms with Crippen LogP contribution in [0.1, 0.15) is 17.5 Å². The normalized spacial score (nSPS) is 31.7. The summed E-state index contributed by atoms with van der Waals surface area (Å²) in [5, 5.41) is 15.1. The molecule has 2 bridgehead atoms. The van der Waals surface area contributed by atoms with Crippen molar-refractivity contribution in [2.24, 2.45) is 5.92 Å². The van der Waals surface area contributed by atoms with Crippen molar-refractivity contribution in [3.8, 4) is 11.5 Å². The highest BCUT2D eigenvalue weighted by Crippen LogP contribution is 2.62. The van der Waals surface area contributed by atoms with E-state index in [0.29, 0.717) is 43.8 Å². The summed E-state index contributed by atoms with van der Waals surface area (Å²) in [5.41, 5.74) is 4.69. The van der Waals surface area contributed by atoms with Gasteiger partial charge in [0.2, 0.25) is 0 Å². The average molecular weight is 543 g/mol. The summed E-state index contributed by atoms with van der Waals surface area (Å²) < 4.78 is 17.2. The van der Waals surface area contributed by atoms with Gasteiger partial charge in [-0.25, -0.2) is 9.80 Å². The Labute approximate surface area is 222 Å².